The van der Waals surface area contributed by atoms with Gasteiger partial charge in [0.15, 0.2) is 0 Å². The standard InChI is InChI=1S/C21H21N3O3/c1-3-26-20(25)18-14(2)23-21(22)24-19(18)16-9-11-17(12-10-16)27-13-15-7-5-4-6-8-15/h4-12H,3,13H2,1-2H3,(H2,22,23,24). The lowest BCUT2D eigenvalue weighted by Gasteiger charge is -2.12. The highest BCUT2D eigenvalue weighted by molar-refractivity contribution is 5.97. The van der Waals surface area contributed by atoms with Gasteiger partial charge in [-0.3, -0.25) is 0 Å². The highest BCUT2D eigenvalue weighted by Crippen LogP contribution is 2.27. The lowest BCUT2D eigenvalue weighted by Crippen LogP contribution is -2.13. The van der Waals surface area contributed by atoms with Gasteiger partial charge in [0, 0.05) is 5.56 Å². The van der Waals surface area contributed by atoms with Gasteiger partial charge in [0.1, 0.15) is 17.9 Å². The Morgan fingerprint density at radius 1 is 1.04 bits per heavy atom. The number of aryl methyl sites for hydroxylation is 1. The summed E-state index contributed by atoms with van der Waals surface area (Å²) >= 11 is 0. The number of hydrogen-bond donors (Lipinski definition) is 1. The summed E-state index contributed by atoms with van der Waals surface area (Å²) in [5.74, 6) is 0.369. The van der Waals surface area contributed by atoms with Crippen LogP contribution in [0.25, 0.3) is 11.3 Å². The maximum absolute atomic E-state index is 12.3. The third-order valence-electron chi connectivity index (χ3n) is 3.96. The van der Waals surface area contributed by atoms with E-state index in [0.717, 1.165) is 16.9 Å². The van der Waals surface area contributed by atoms with Gasteiger partial charge >= 0.3 is 5.97 Å². The fraction of sp³-hybridized carbons (Fsp3) is 0.190. The zero-order valence-electron chi connectivity index (χ0n) is 15.3. The number of anilines is 1. The lowest BCUT2D eigenvalue weighted by atomic mass is 10.0. The van der Waals surface area contributed by atoms with Gasteiger partial charge in [-0.25, -0.2) is 14.8 Å². The van der Waals surface area contributed by atoms with Gasteiger partial charge in [0.05, 0.1) is 18.0 Å². The van der Waals surface area contributed by atoms with Crippen molar-refractivity contribution in [2.45, 2.75) is 20.5 Å². The highest BCUT2D eigenvalue weighted by Gasteiger charge is 2.20. The first kappa shape index (κ1) is 18.4. The second-order valence-electron chi connectivity index (χ2n) is 5.91. The highest BCUT2D eigenvalue weighted by atomic mass is 16.5. The van der Waals surface area contributed by atoms with Crippen molar-refractivity contribution in [2.24, 2.45) is 0 Å². The van der Waals surface area contributed by atoms with Gasteiger partial charge in [-0.2, -0.15) is 0 Å². The molecule has 1 aromatic heterocycles. The molecular weight excluding hydrogens is 342 g/mol. The number of aromatic nitrogens is 2. The summed E-state index contributed by atoms with van der Waals surface area (Å²) in [6.45, 7) is 4.22. The Morgan fingerprint density at radius 3 is 2.41 bits per heavy atom. The Kier molecular flexibility index (Phi) is 5.66. The number of nitrogens with two attached hydrogens (primary N) is 1. The molecule has 0 spiro atoms. The quantitative estimate of drug-likeness (QED) is 0.671. The minimum Gasteiger partial charge on any atom is -0.489 e. The SMILES string of the molecule is CCOC(=O)c1c(C)nc(N)nc1-c1ccc(OCc2ccccc2)cc1. The normalized spacial score (nSPS) is 10.4. The van der Waals surface area contributed by atoms with Crippen LogP contribution in [0.5, 0.6) is 5.75 Å². The van der Waals surface area contributed by atoms with Crippen LogP contribution in [0.15, 0.2) is 54.6 Å². The molecule has 1 heterocycles. The van der Waals surface area contributed by atoms with Crippen molar-refractivity contribution in [2.75, 3.05) is 12.3 Å². The Labute approximate surface area is 158 Å². The van der Waals surface area contributed by atoms with E-state index in [1.807, 2.05) is 54.6 Å². The number of carbonyl (C=O) groups is 1. The lowest BCUT2D eigenvalue weighted by molar-refractivity contribution is 0.0525. The molecule has 0 unspecified atom stereocenters. The van der Waals surface area contributed by atoms with E-state index in [2.05, 4.69) is 9.97 Å². The fourth-order valence-corrected chi connectivity index (χ4v) is 2.70. The predicted molar refractivity (Wildman–Crippen MR) is 103 cm³/mol. The molecule has 0 saturated carbocycles. The molecule has 27 heavy (non-hydrogen) atoms. The number of hydrogen-bond acceptors (Lipinski definition) is 6. The van der Waals surface area contributed by atoms with Gasteiger partial charge < -0.3 is 15.2 Å². The summed E-state index contributed by atoms with van der Waals surface area (Å²) in [5, 5.41) is 0. The van der Waals surface area contributed by atoms with E-state index in [0.29, 0.717) is 23.6 Å². The molecule has 2 N–H and O–H groups in total. The molecule has 0 bridgehead atoms. The average molecular weight is 363 g/mol. The van der Waals surface area contributed by atoms with Gasteiger partial charge in [-0.1, -0.05) is 30.3 Å². The van der Waals surface area contributed by atoms with Crippen LogP contribution in [0, 0.1) is 6.92 Å². The topological polar surface area (TPSA) is 87.3 Å². The van der Waals surface area contributed by atoms with Crippen LogP contribution in [0.2, 0.25) is 0 Å². The number of benzene rings is 2. The monoisotopic (exact) mass is 363 g/mol. The molecule has 6 heteroatoms. The molecule has 2 aromatic carbocycles. The van der Waals surface area contributed by atoms with Gasteiger partial charge in [0.25, 0.3) is 0 Å². The number of nitrogen functional groups attached to an aromatic ring is 1. The van der Waals surface area contributed by atoms with Crippen molar-refractivity contribution in [3.05, 3.63) is 71.4 Å². The Bertz CT molecular complexity index is 925. The van der Waals surface area contributed by atoms with Crippen LogP contribution < -0.4 is 10.5 Å². The van der Waals surface area contributed by atoms with Gasteiger partial charge in [-0.05, 0) is 43.7 Å². The molecule has 0 amide bonds. The predicted octanol–water partition coefficient (Wildman–Crippen LogP) is 3.79. The number of rotatable bonds is 6. The summed E-state index contributed by atoms with van der Waals surface area (Å²) in [6.07, 6.45) is 0. The molecule has 0 fully saturated rings. The fourth-order valence-electron chi connectivity index (χ4n) is 2.70. The molecule has 0 aliphatic rings. The van der Waals surface area contributed by atoms with E-state index < -0.39 is 5.97 Å². The largest absolute Gasteiger partial charge is 0.489 e. The first-order valence-corrected chi connectivity index (χ1v) is 8.67. The zero-order chi connectivity index (χ0) is 19.2. The molecule has 138 valence electrons. The molecule has 0 aliphatic carbocycles. The minimum atomic E-state index is -0.464. The van der Waals surface area contributed by atoms with Crippen LogP contribution in [0.1, 0.15) is 28.5 Å². The number of ether oxygens (including phenoxy) is 2. The van der Waals surface area contributed by atoms with Crippen LogP contribution in [-0.2, 0) is 11.3 Å². The summed E-state index contributed by atoms with van der Waals surface area (Å²) in [4.78, 5) is 20.7. The van der Waals surface area contributed by atoms with Crippen molar-refractivity contribution < 1.29 is 14.3 Å². The maximum atomic E-state index is 12.3. The molecule has 6 nitrogen and oxygen atoms in total. The van der Waals surface area contributed by atoms with Crippen molar-refractivity contribution in [1.29, 1.82) is 0 Å². The second kappa shape index (κ2) is 8.31. The third kappa shape index (κ3) is 4.41. The van der Waals surface area contributed by atoms with Crippen molar-refractivity contribution in [3.8, 4) is 17.0 Å². The summed E-state index contributed by atoms with van der Waals surface area (Å²) in [7, 11) is 0. The van der Waals surface area contributed by atoms with Crippen LogP contribution >= 0.6 is 0 Å². The number of nitrogens with zero attached hydrogens (tertiary/aromatic N) is 2. The van der Waals surface area contributed by atoms with Gasteiger partial charge in [-0.15, -0.1) is 0 Å². The Morgan fingerprint density at radius 2 is 1.74 bits per heavy atom. The molecule has 0 atom stereocenters. The summed E-state index contributed by atoms with van der Waals surface area (Å²) < 4.78 is 10.9. The van der Waals surface area contributed by atoms with E-state index in [9.17, 15) is 4.79 Å². The van der Waals surface area contributed by atoms with E-state index in [4.69, 9.17) is 15.2 Å². The van der Waals surface area contributed by atoms with Crippen molar-refractivity contribution >= 4 is 11.9 Å². The average Bonchev–Trinajstić information content (AvgIpc) is 2.67. The first-order valence-electron chi connectivity index (χ1n) is 8.67. The van der Waals surface area contributed by atoms with Crippen LogP contribution in [0.3, 0.4) is 0 Å². The Balaban J connectivity index is 1.85. The van der Waals surface area contributed by atoms with Gasteiger partial charge in [0.2, 0.25) is 5.95 Å². The smallest absolute Gasteiger partial charge is 0.342 e. The van der Waals surface area contributed by atoms with Crippen LogP contribution in [-0.4, -0.2) is 22.5 Å². The Hall–Kier alpha value is -3.41. The zero-order valence-corrected chi connectivity index (χ0v) is 15.3. The molecule has 3 rings (SSSR count). The third-order valence-corrected chi connectivity index (χ3v) is 3.96. The molecule has 3 aromatic rings. The van der Waals surface area contributed by atoms with E-state index in [1.165, 1.54) is 0 Å². The van der Waals surface area contributed by atoms with E-state index >= 15 is 0 Å². The maximum Gasteiger partial charge on any atom is 0.342 e. The van der Waals surface area contributed by atoms with Crippen molar-refractivity contribution in [3.63, 3.8) is 0 Å². The summed E-state index contributed by atoms with van der Waals surface area (Å²) in [5.41, 5.74) is 8.87. The minimum absolute atomic E-state index is 0.111. The molecule has 0 aliphatic heterocycles. The number of esters is 1. The van der Waals surface area contributed by atoms with E-state index in [-0.39, 0.29) is 12.6 Å². The number of carbonyl (C=O) groups excluding carboxylic acids is 1. The first-order chi connectivity index (χ1) is 13.1. The molecule has 0 radical (unpaired) electrons. The summed E-state index contributed by atoms with van der Waals surface area (Å²) in [6, 6.07) is 17.3. The van der Waals surface area contributed by atoms with E-state index in [1.54, 1.807) is 13.8 Å². The second-order valence-corrected chi connectivity index (χ2v) is 5.91. The van der Waals surface area contributed by atoms with Crippen molar-refractivity contribution in [1.82, 2.24) is 9.97 Å². The molecular formula is C21H21N3O3. The molecule has 0 saturated heterocycles. The van der Waals surface area contributed by atoms with Crippen LogP contribution in [0.4, 0.5) is 5.95 Å².